The van der Waals surface area contributed by atoms with Crippen molar-refractivity contribution < 1.29 is 4.79 Å². The zero-order valence-corrected chi connectivity index (χ0v) is 8.89. The van der Waals surface area contributed by atoms with E-state index < -0.39 is 0 Å². The summed E-state index contributed by atoms with van der Waals surface area (Å²) < 4.78 is 1.74. The molecule has 0 bridgehead atoms. The molecule has 2 N–H and O–H groups in total. The molecule has 0 saturated carbocycles. The Morgan fingerprint density at radius 2 is 2.23 bits per heavy atom. The van der Waals surface area contributed by atoms with Crippen LogP contribution < -0.4 is 5.73 Å². The molecular formula is C9H14N2OS. The Hall–Kier alpha value is -0.900. The minimum absolute atomic E-state index is 0.0492. The van der Waals surface area contributed by atoms with Gasteiger partial charge in [0, 0.05) is 18.5 Å². The highest BCUT2D eigenvalue weighted by molar-refractivity contribution is 8.14. The fraction of sp³-hybridized carbons (Fsp3) is 0.444. The standard InChI is InChI=1S/C9H14N2OS/c1-6(2)13-9(12)7-4-5-11(3)8(7)10/h4-6H,10H2,1-3H3. The van der Waals surface area contributed by atoms with Gasteiger partial charge in [0.15, 0.2) is 0 Å². The summed E-state index contributed by atoms with van der Waals surface area (Å²) in [5, 5.41) is 0.347. The fourth-order valence-electron chi connectivity index (χ4n) is 0.992. The monoisotopic (exact) mass is 198 g/mol. The second-order valence-corrected chi connectivity index (χ2v) is 4.73. The van der Waals surface area contributed by atoms with E-state index in [1.165, 1.54) is 11.8 Å². The van der Waals surface area contributed by atoms with Crippen molar-refractivity contribution >= 4 is 22.7 Å². The van der Waals surface area contributed by atoms with Crippen LogP contribution in [0.25, 0.3) is 0 Å². The molecule has 0 fully saturated rings. The van der Waals surface area contributed by atoms with Crippen molar-refractivity contribution in [2.75, 3.05) is 5.73 Å². The molecule has 1 aromatic rings. The van der Waals surface area contributed by atoms with Crippen molar-refractivity contribution in [2.24, 2.45) is 7.05 Å². The molecule has 0 aliphatic rings. The first kappa shape index (κ1) is 10.2. The Labute approximate surface area is 82.3 Å². The topological polar surface area (TPSA) is 48.0 Å². The zero-order chi connectivity index (χ0) is 10.0. The first-order chi connectivity index (χ1) is 6.02. The summed E-state index contributed by atoms with van der Waals surface area (Å²) in [5.41, 5.74) is 6.32. The van der Waals surface area contributed by atoms with Crippen molar-refractivity contribution in [1.82, 2.24) is 4.57 Å². The number of anilines is 1. The molecule has 4 heteroatoms. The maximum absolute atomic E-state index is 11.6. The van der Waals surface area contributed by atoms with Crippen molar-refractivity contribution in [3.8, 4) is 0 Å². The van der Waals surface area contributed by atoms with Crippen molar-refractivity contribution in [3.05, 3.63) is 17.8 Å². The third-order valence-electron chi connectivity index (χ3n) is 1.68. The van der Waals surface area contributed by atoms with Crippen molar-refractivity contribution in [1.29, 1.82) is 0 Å². The van der Waals surface area contributed by atoms with Gasteiger partial charge in [0.1, 0.15) is 5.82 Å². The molecule has 72 valence electrons. The average molecular weight is 198 g/mol. The average Bonchev–Trinajstić information content (AvgIpc) is 2.31. The summed E-state index contributed by atoms with van der Waals surface area (Å²) in [6.07, 6.45) is 1.80. The van der Waals surface area contributed by atoms with Gasteiger partial charge in [-0.05, 0) is 6.07 Å². The van der Waals surface area contributed by atoms with Gasteiger partial charge in [-0.1, -0.05) is 25.6 Å². The van der Waals surface area contributed by atoms with Crippen LogP contribution in [-0.4, -0.2) is 14.9 Å². The van der Waals surface area contributed by atoms with Gasteiger partial charge in [-0.15, -0.1) is 0 Å². The first-order valence-electron chi connectivity index (χ1n) is 4.14. The lowest BCUT2D eigenvalue weighted by Crippen LogP contribution is -2.03. The van der Waals surface area contributed by atoms with E-state index in [0.29, 0.717) is 16.6 Å². The molecule has 3 nitrogen and oxygen atoms in total. The normalized spacial score (nSPS) is 10.8. The van der Waals surface area contributed by atoms with Crippen LogP contribution in [0.2, 0.25) is 0 Å². The Kier molecular flexibility index (Phi) is 3.03. The molecule has 1 rings (SSSR count). The van der Waals surface area contributed by atoms with Crippen molar-refractivity contribution in [3.63, 3.8) is 0 Å². The van der Waals surface area contributed by atoms with Gasteiger partial charge in [-0.2, -0.15) is 0 Å². The van der Waals surface area contributed by atoms with E-state index in [4.69, 9.17) is 5.73 Å². The minimum Gasteiger partial charge on any atom is -0.384 e. The number of carbonyl (C=O) groups excluding carboxylic acids is 1. The Morgan fingerprint density at radius 3 is 2.62 bits per heavy atom. The van der Waals surface area contributed by atoms with E-state index in [1.54, 1.807) is 16.8 Å². The summed E-state index contributed by atoms with van der Waals surface area (Å²) >= 11 is 1.30. The fourth-order valence-corrected chi connectivity index (χ4v) is 1.72. The zero-order valence-electron chi connectivity index (χ0n) is 8.07. The number of aromatic nitrogens is 1. The molecular weight excluding hydrogens is 184 g/mol. The second-order valence-electron chi connectivity index (χ2n) is 3.18. The van der Waals surface area contributed by atoms with Crippen molar-refractivity contribution in [2.45, 2.75) is 19.1 Å². The molecule has 0 aliphatic carbocycles. The number of nitrogens with two attached hydrogens (primary N) is 1. The van der Waals surface area contributed by atoms with Gasteiger partial charge in [0.05, 0.1) is 5.56 Å². The third kappa shape index (κ3) is 2.28. The second kappa shape index (κ2) is 3.87. The Balaban J connectivity index is 2.83. The molecule has 13 heavy (non-hydrogen) atoms. The quantitative estimate of drug-likeness (QED) is 0.789. The van der Waals surface area contributed by atoms with Gasteiger partial charge in [-0.25, -0.2) is 0 Å². The molecule has 0 saturated heterocycles. The van der Waals surface area contributed by atoms with Crippen LogP contribution in [0.5, 0.6) is 0 Å². The Bertz CT molecular complexity index is 317. The van der Waals surface area contributed by atoms with Crippen LogP contribution in [0.1, 0.15) is 24.2 Å². The number of aryl methyl sites for hydroxylation is 1. The minimum atomic E-state index is 0.0492. The first-order valence-corrected chi connectivity index (χ1v) is 5.02. The van der Waals surface area contributed by atoms with E-state index in [0.717, 1.165) is 0 Å². The number of hydrogen-bond acceptors (Lipinski definition) is 3. The lowest BCUT2D eigenvalue weighted by Gasteiger charge is -2.03. The molecule has 0 atom stereocenters. The van der Waals surface area contributed by atoms with Crippen LogP contribution in [0.3, 0.4) is 0 Å². The number of thioether (sulfide) groups is 1. The van der Waals surface area contributed by atoms with Gasteiger partial charge in [0.2, 0.25) is 5.12 Å². The van der Waals surface area contributed by atoms with Gasteiger partial charge >= 0.3 is 0 Å². The van der Waals surface area contributed by atoms with Crippen LogP contribution >= 0.6 is 11.8 Å². The van der Waals surface area contributed by atoms with E-state index in [9.17, 15) is 4.79 Å². The third-order valence-corrected chi connectivity index (χ3v) is 2.59. The highest BCUT2D eigenvalue weighted by Gasteiger charge is 2.13. The molecule has 0 radical (unpaired) electrons. The number of rotatable bonds is 2. The smallest absolute Gasteiger partial charge is 0.223 e. The summed E-state index contributed by atoms with van der Waals surface area (Å²) in [6, 6.07) is 1.76. The van der Waals surface area contributed by atoms with Gasteiger partial charge in [-0.3, -0.25) is 4.79 Å². The molecule has 0 amide bonds. The van der Waals surface area contributed by atoms with Crippen LogP contribution in [0.15, 0.2) is 12.3 Å². The summed E-state index contributed by atoms with van der Waals surface area (Å²) in [4.78, 5) is 11.6. The summed E-state index contributed by atoms with van der Waals surface area (Å²) in [5.74, 6) is 0.540. The lowest BCUT2D eigenvalue weighted by molar-refractivity contribution is 0.108. The number of carbonyl (C=O) groups is 1. The van der Waals surface area contributed by atoms with E-state index in [-0.39, 0.29) is 5.12 Å². The van der Waals surface area contributed by atoms with E-state index >= 15 is 0 Å². The lowest BCUT2D eigenvalue weighted by atomic mass is 10.3. The van der Waals surface area contributed by atoms with Crippen LogP contribution in [-0.2, 0) is 7.05 Å². The highest BCUT2D eigenvalue weighted by Crippen LogP contribution is 2.21. The van der Waals surface area contributed by atoms with E-state index in [2.05, 4.69) is 0 Å². The predicted octanol–water partition coefficient (Wildman–Crippen LogP) is 1.89. The van der Waals surface area contributed by atoms with Gasteiger partial charge < -0.3 is 10.3 Å². The largest absolute Gasteiger partial charge is 0.384 e. The number of hydrogen-bond donors (Lipinski definition) is 1. The maximum Gasteiger partial charge on any atom is 0.223 e. The maximum atomic E-state index is 11.6. The van der Waals surface area contributed by atoms with Gasteiger partial charge in [0.25, 0.3) is 0 Å². The molecule has 0 aliphatic heterocycles. The highest BCUT2D eigenvalue weighted by atomic mass is 32.2. The number of nitrogen functional groups attached to an aromatic ring is 1. The molecule has 1 heterocycles. The molecule has 1 aromatic heterocycles. The summed E-state index contributed by atoms with van der Waals surface area (Å²) in [7, 11) is 1.83. The predicted molar refractivity (Wildman–Crippen MR) is 56.9 cm³/mol. The van der Waals surface area contributed by atoms with Crippen LogP contribution in [0, 0.1) is 0 Å². The molecule has 0 spiro atoms. The SMILES string of the molecule is CC(C)SC(=O)c1ccn(C)c1N. The molecule has 0 aromatic carbocycles. The Morgan fingerprint density at radius 1 is 1.62 bits per heavy atom. The van der Waals surface area contributed by atoms with E-state index in [1.807, 2.05) is 20.9 Å². The van der Waals surface area contributed by atoms with Crippen LogP contribution in [0.4, 0.5) is 5.82 Å². The molecule has 0 unspecified atom stereocenters. The summed E-state index contributed by atoms with van der Waals surface area (Å²) in [6.45, 7) is 3.98. The number of nitrogens with zero attached hydrogens (tertiary/aromatic N) is 1.